The second-order valence-corrected chi connectivity index (χ2v) is 11.7. The Morgan fingerprint density at radius 3 is 2.14 bits per heavy atom. The van der Waals surface area contributed by atoms with Gasteiger partial charge in [-0.2, -0.15) is 4.31 Å². The fourth-order valence-corrected chi connectivity index (χ4v) is 5.54. The van der Waals surface area contributed by atoms with Crippen LogP contribution >= 0.6 is 11.3 Å². The summed E-state index contributed by atoms with van der Waals surface area (Å²) < 4.78 is 27.4. The van der Waals surface area contributed by atoms with Crippen LogP contribution in [0.4, 0.5) is 0 Å². The lowest BCUT2D eigenvalue weighted by molar-refractivity contribution is 0.0702. The van der Waals surface area contributed by atoms with Crippen molar-refractivity contribution < 1.29 is 13.2 Å². The van der Waals surface area contributed by atoms with Crippen LogP contribution in [-0.2, 0) is 15.4 Å². The van der Waals surface area contributed by atoms with E-state index in [9.17, 15) is 13.2 Å². The number of thiazole rings is 1. The molecule has 1 aromatic heterocycles. The van der Waals surface area contributed by atoms with E-state index < -0.39 is 10.0 Å². The van der Waals surface area contributed by atoms with Gasteiger partial charge in [-0.05, 0) is 23.6 Å². The van der Waals surface area contributed by atoms with Crippen LogP contribution in [-0.4, -0.2) is 54.7 Å². The minimum atomic E-state index is -3.55. The largest absolute Gasteiger partial charge is 0.335 e. The number of carbonyl (C=O) groups excluding carboxylic acids is 1. The van der Waals surface area contributed by atoms with Crippen molar-refractivity contribution in [2.45, 2.75) is 50.8 Å². The monoisotopic (exact) mass is 435 g/mol. The minimum Gasteiger partial charge on any atom is -0.335 e. The maximum absolute atomic E-state index is 12.9. The number of hydrogen-bond acceptors (Lipinski definition) is 5. The lowest BCUT2D eigenvalue weighted by atomic mass is 9.98. The van der Waals surface area contributed by atoms with Gasteiger partial charge in [-0.15, -0.1) is 11.3 Å². The Hall–Kier alpha value is -1.77. The Balaban J connectivity index is 1.66. The lowest BCUT2D eigenvalue weighted by Gasteiger charge is -2.33. The molecule has 1 fully saturated rings. The van der Waals surface area contributed by atoms with E-state index in [0.717, 1.165) is 10.6 Å². The number of rotatable bonds is 4. The van der Waals surface area contributed by atoms with Crippen LogP contribution in [0.3, 0.4) is 0 Å². The molecule has 0 aliphatic carbocycles. The molecule has 0 spiro atoms. The van der Waals surface area contributed by atoms with Crippen molar-refractivity contribution in [2.24, 2.45) is 0 Å². The van der Waals surface area contributed by atoms with Gasteiger partial charge in [0, 0.05) is 31.6 Å². The summed E-state index contributed by atoms with van der Waals surface area (Å²) in [5, 5.41) is 0.923. The average molecular weight is 436 g/mol. The van der Waals surface area contributed by atoms with Crippen molar-refractivity contribution in [2.75, 3.05) is 26.2 Å². The highest BCUT2D eigenvalue weighted by Gasteiger charge is 2.31. The molecule has 0 radical (unpaired) electrons. The quantitative estimate of drug-likeness (QED) is 0.734. The maximum atomic E-state index is 12.9. The smallest absolute Gasteiger partial charge is 0.265 e. The van der Waals surface area contributed by atoms with Gasteiger partial charge in [0.1, 0.15) is 4.88 Å². The van der Waals surface area contributed by atoms with Crippen LogP contribution in [0.25, 0.3) is 0 Å². The highest BCUT2D eigenvalue weighted by molar-refractivity contribution is 7.89. The number of hydrogen-bond donors (Lipinski definition) is 0. The summed E-state index contributed by atoms with van der Waals surface area (Å²) in [6.07, 6.45) is 1.63. The lowest BCUT2D eigenvalue weighted by Crippen LogP contribution is -2.50. The summed E-state index contributed by atoms with van der Waals surface area (Å²) in [5.41, 5.74) is 1.01. The maximum Gasteiger partial charge on any atom is 0.265 e. The molecule has 2 heterocycles. The van der Waals surface area contributed by atoms with E-state index in [4.69, 9.17) is 0 Å². The van der Waals surface area contributed by atoms with E-state index in [1.807, 2.05) is 12.1 Å². The molecule has 1 amide bonds. The molecule has 0 unspecified atom stereocenters. The van der Waals surface area contributed by atoms with E-state index >= 15 is 0 Å². The van der Waals surface area contributed by atoms with Gasteiger partial charge in [-0.1, -0.05) is 46.8 Å². The molecule has 0 saturated carbocycles. The highest BCUT2D eigenvalue weighted by atomic mass is 32.2. The Kier molecular flexibility index (Phi) is 6.17. The zero-order valence-corrected chi connectivity index (χ0v) is 19.3. The Labute approximate surface area is 177 Å². The Morgan fingerprint density at radius 1 is 1.07 bits per heavy atom. The topological polar surface area (TPSA) is 70.6 Å². The standard InChI is InChI=1S/C21H29N3O3S2/c1-15(2)16-6-8-17(9-7-16)29(26,27)24-12-10-23(11-13-24)19(25)18-14-22-20(28-18)21(3,4)5/h6-9,14-15H,10-13H2,1-5H3. The summed E-state index contributed by atoms with van der Waals surface area (Å²) in [5.74, 6) is 0.281. The molecule has 1 aliphatic heterocycles. The summed E-state index contributed by atoms with van der Waals surface area (Å²) in [7, 11) is -3.55. The summed E-state index contributed by atoms with van der Waals surface area (Å²) in [6, 6.07) is 7.09. The van der Waals surface area contributed by atoms with E-state index in [1.54, 1.807) is 23.2 Å². The van der Waals surface area contributed by atoms with Gasteiger partial charge in [0.25, 0.3) is 5.91 Å². The molecular weight excluding hydrogens is 406 g/mol. The third-order valence-electron chi connectivity index (χ3n) is 5.07. The number of piperazine rings is 1. The average Bonchev–Trinajstić information content (AvgIpc) is 3.18. The molecule has 6 nitrogen and oxygen atoms in total. The van der Waals surface area contributed by atoms with E-state index in [-0.39, 0.29) is 11.3 Å². The van der Waals surface area contributed by atoms with Gasteiger partial charge in [0.15, 0.2) is 0 Å². The first kappa shape index (κ1) is 21.9. The van der Waals surface area contributed by atoms with Gasteiger partial charge in [-0.25, -0.2) is 13.4 Å². The number of carbonyl (C=O) groups is 1. The molecular formula is C21H29N3O3S2. The number of aromatic nitrogens is 1. The first-order valence-electron chi connectivity index (χ1n) is 9.86. The third-order valence-corrected chi connectivity index (χ3v) is 8.39. The van der Waals surface area contributed by atoms with Crippen LogP contribution in [0.2, 0.25) is 0 Å². The van der Waals surface area contributed by atoms with Crippen molar-refractivity contribution in [1.29, 1.82) is 0 Å². The SMILES string of the molecule is CC(C)c1ccc(S(=O)(=O)N2CCN(C(=O)c3cnc(C(C)(C)C)s3)CC2)cc1. The van der Waals surface area contributed by atoms with Gasteiger partial charge < -0.3 is 4.90 Å². The summed E-state index contributed by atoms with van der Waals surface area (Å²) >= 11 is 1.41. The molecule has 3 rings (SSSR count). The van der Waals surface area contributed by atoms with Crippen LogP contribution in [0.5, 0.6) is 0 Å². The van der Waals surface area contributed by atoms with E-state index in [0.29, 0.717) is 41.9 Å². The number of sulfonamides is 1. The van der Waals surface area contributed by atoms with Gasteiger partial charge in [-0.3, -0.25) is 4.79 Å². The number of benzene rings is 1. The molecule has 1 aliphatic rings. The van der Waals surface area contributed by atoms with Crippen LogP contribution < -0.4 is 0 Å². The normalized spacial score (nSPS) is 16.4. The molecule has 2 aromatic rings. The van der Waals surface area contributed by atoms with E-state index in [2.05, 4.69) is 39.6 Å². The van der Waals surface area contributed by atoms with Crippen LogP contribution in [0.15, 0.2) is 35.4 Å². The number of nitrogens with zero attached hydrogens (tertiary/aromatic N) is 3. The molecule has 0 N–H and O–H groups in total. The van der Waals surface area contributed by atoms with Gasteiger partial charge >= 0.3 is 0 Å². The third kappa shape index (κ3) is 4.70. The van der Waals surface area contributed by atoms with Crippen molar-refractivity contribution in [3.05, 3.63) is 45.9 Å². The molecule has 158 valence electrons. The Morgan fingerprint density at radius 2 is 1.66 bits per heavy atom. The molecule has 8 heteroatoms. The molecule has 29 heavy (non-hydrogen) atoms. The zero-order valence-electron chi connectivity index (χ0n) is 17.7. The first-order valence-corrected chi connectivity index (χ1v) is 12.1. The molecule has 1 aromatic carbocycles. The van der Waals surface area contributed by atoms with Gasteiger partial charge in [0.2, 0.25) is 10.0 Å². The van der Waals surface area contributed by atoms with E-state index in [1.165, 1.54) is 15.6 Å². The highest BCUT2D eigenvalue weighted by Crippen LogP contribution is 2.28. The van der Waals surface area contributed by atoms with Crippen molar-refractivity contribution in [1.82, 2.24) is 14.2 Å². The van der Waals surface area contributed by atoms with Crippen molar-refractivity contribution in [3.63, 3.8) is 0 Å². The molecule has 0 bridgehead atoms. The van der Waals surface area contributed by atoms with Crippen LogP contribution in [0.1, 0.15) is 60.8 Å². The summed E-state index contributed by atoms with van der Waals surface area (Å²) in [4.78, 5) is 19.8. The second-order valence-electron chi connectivity index (χ2n) is 8.70. The predicted molar refractivity (Wildman–Crippen MR) is 116 cm³/mol. The van der Waals surface area contributed by atoms with Crippen molar-refractivity contribution in [3.8, 4) is 0 Å². The van der Waals surface area contributed by atoms with Crippen LogP contribution in [0, 0.1) is 0 Å². The molecule has 1 saturated heterocycles. The first-order chi connectivity index (χ1) is 13.5. The number of amides is 1. The minimum absolute atomic E-state index is 0.0728. The predicted octanol–water partition coefficient (Wildman–Crippen LogP) is 3.71. The zero-order chi connectivity index (χ0) is 21.4. The van der Waals surface area contributed by atoms with Gasteiger partial charge in [0.05, 0.1) is 16.1 Å². The fourth-order valence-electron chi connectivity index (χ4n) is 3.18. The second kappa shape index (κ2) is 8.16. The molecule has 0 atom stereocenters. The van der Waals surface area contributed by atoms with Crippen molar-refractivity contribution >= 4 is 27.3 Å². The Bertz CT molecular complexity index is 965. The summed E-state index contributed by atoms with van der Waals surface area (Å²) in [6.45, 7) is 11.7. The fraction of sp³-hybridized carbons (Fsp3) is 0.524.